The lowest BCUT2D eigenvalue weighted by Crippen LogP contribution is -2.47. The predicted octanol–water partition coefficient (Wildman–Crippen LogP) is 2.28. The summed E-state index contributed by atoms with van der Waals surface area (Å²) in [5.41, 5.74) is 1.95. The molecule has 26 heavy (non-hydrogen) atoms. The Morgan fingerprint density at radius 2 is 1.85 bits per heavy atom. The van der Waals surface area contributed by atoms with Crippen LogP contribution in [0.15, 0.2) is 0 Å². The number of rotatable bonds is 6. The van der Waals surface area contributed by atoms with Crippen LogP contribution in [0.5, 0.6) is 0 Å². The largest absolute Gasteiger partial charge is 0.462 e. The summed E-state index contributed by atoms with van der Waals surface area (Å²) in [4.78, 5) is 44.4. The molecule has 2 rings (SSSR count). The number of ether oxygens (including phenoxy) is 1. The fourth-order valence-electron chi connectivity index (χ4n) is 3.63. The number of likely N-dealkylation sites (N-methyl/N-ethyl adjacent to an activating group) is 1. The predicted molar refractivity (Wildman–Crippen MR) is 98.2 cm³/mol. The Hall–Kier alpha value is -2.31. The summed E-state index contributed by atoms with van der Waals surface area (Å²) in [6.07, 6.45) is 1.47. The second kappa shape index (κ2) is 8.38. The molecule has 0 saturated carbocycles. The second-order valence-corrected chi connectivity index (χ2v) is 6.51. The molecule has 0 radical (unpaired) electrons. The summed E-state index contributed by atoms with van der Waals surface area (Å²) in [7, 11) is 0. The SMILES string of the molecule is CCOC(=O)c1c(C)[nH]c(C(=O)N2CCCC2C(=O)N(CC)CC)c1C. The second-order valence-electron chi connectivity index (χ2n) is 6.51. The summed E-state index contributed by atoms with van der Waals surface area (Å²) in [6.45, 7) is 11.2. The van der Waals surface area contributed by atoms with Gasteiger partial charge in [0, 0.05) is 25.3 Å². The van der Waals surface area contributed by atoms with Crippen molar-refractivity contribution >= 4 is 17.8 Å². The van der Waals surface area contributed by atoms with Crippen LogP contribution in [0.2, 0.25) is 0 Å². The maximum atomic E-state index is 13.1. The molecule has 0 spiro atoms. The van der Waals surface area contributed by atoms with E-state index in [1.54, 1.807) is 30.6 Å². The van der Waals surface area contributed by atoms with Crippen molar-refractivity contribution in [1.82, 2.24) is 14.8 Å². The van der Waals surface area contributed by atoms with Gasteiger partial charge in [0.15, 0.2) is 0 Å². The van der Waals surface area contributed by atoms with E-state index in [0.29, 0.717) is 48.6 Å². The van der Waals surface area contributed by atoms with E-state index in [2.05, 4.69) is 4.98 Å². The summed E-state index contributed by atoms with van der Waals surface area (Å²) in [6, 6.07) is -0.434. The van der Waals surface area contributed by atoms with Gasteiger partial charge >= 0.3 is 5.97 Å². The molecule has 1 aliphatic heterocycles. The standard InChI is InChI=1S/C19H29N3O4/c1-6-21(7-2)17(23)14-10-9-11-22(14)18(24)16-12(4)15(13(5)20-16)19(25)26-8-3/h14,20H,6-11H2,1-5H3. The number of hydrogen-bond acceptors (Lipinski definition) is 4. The first kappa shape index (κ1) is 20.0. The third kappa shape index (κ3) is 3.61. The Morgan fingerprint density at radius 1 is 1.19 bits per heavy atom. The topological polar surface area (TPSA) is 82.7 Å². The minimum absolute atomic E-state index is 0.00704. The number of H-pyrrole nitrogens is 1. The van der Waals surface area contributed by atoms with Gasteiger partial charge in [0.25, 0.3) is 5.91 Å². The fraction of sp³-hybridized carbons (Fsp3) is 0.632. The lowest BCUT2D eigenvalue weighted by atomic mass is 10.1. The quantitative estimate of drug-likeness (QED) is 0.786. The van der Waals surface area contributed by atoms with E-state index in [4.69, 9.17) is 4.74 Å². The van der Waals surface area contributed by atoms with Crippen molar-refractivity contribution < 1.29 is 19.1 Å². The van der Waals surface area contributed by atoms with Crippen molar-refractivity contribution in [3.05, 3.63) is 22.5 Å². The molecule has 1 fully saturated rings. The third-order valence-corrected chi connectivity index (χ3v) is 5.00. The monoisotopic (exact) mass is 363 g/mol. The number of nitrogens with one attached hydrogen (secondary N) is 1. The van der Waals surface area contributed by atoms with Crippen LogP contribution in [0.1, 0.15) is 65.7 Å². The van der Waals surface area contributed by atoms with Gasteiger partial charge in [-0.15, -0.1) is 0 Å². The van der Waals surface area contributed by atoms with E-state index in [-0.39, 0.29) is 18.4 Å². The highest BCUT2D eigenvalue weighted by Crippen LogP contribution is 2.25. The maximum absolute atomic E-state index is 13.1. The van der Waals surface area contributed by atoms with Gasteiger partial charge in [0.05, 0.1) is 12.2 Å². The van der Waals surface area contributed by atoms with E-state index < -0.39 is 12.0 Å². The lowest BCUT2D eigenvalue weighted by molar-refractivity contribution is -0.134. The van der Waals surface area contributed by atoms with E-state index in [1.165, 1.54) is 0 Å². The van der Waals surface area contributed by atoms with Crippen LogP contribution in [0.25, 0.3) is 0 Å². The number of aromatic nitrogens is 1. The molecule has 7 nitrogen and oxygen atoms in total. The Morgan fingerprint density at radius 3 is 2.42 bits per heavy atom. The first-order chi connectivity index (χ1) is 12.4. The average molecular weight is 363 g/mol. The number of esters is 1. The molecule has 1 aliphatic rings. The van der Waals surface area contributed by atoms with Gasteiger partial charge in [-0.05, 0) is 53.0 Å². The zero-order chi connectivity index (χ0) is 19.4. The summed E-state index contributed by atoms with van der Waals surface area (Å²) in [5, 5.41) is 0. The minimum atomic E-state index is -0.435. The Balaban J connectivity index is 2.29. The Bertz CT molecular complexity index is 691. The van der Waals surface area contributed by atoms with Gasteiger partial charge < -0.3 is 19.5 Å². The van der Waals surface area contributed by atoms with Gasteiger partial charge in [-0.1, -0.05) is 0 Å². The van der Waals surface area contributed by atoms with E-state index in [9.17, 15) is 14.4 Å². The van der Waals surface area contributed by atoms with E-state index in [1.807, 2.05) is 13.8 Å². The van der Waals surface area contributed by atoms with Crippen molar-refractivity contribution in [1.29, 1.82) is 0 Å². The van der Waals surface area contributed by atoms with Crippen molar-refractivity contribution in [2.45, 2.75) is 53.5 Å². The van der Waals surface area contributed by atoms with Gasteiger partial charge in [-0.25, -0.2) is 4.79 Å². The molecule has 1 N–H and O–H groups in total. The van der Waals surface area contributed by atoms with E-state index in [0.717, 1.165) is 6.42 Å². The highest BCUT2D eigenvalue weighted by molar-refractivity contribution is 6.02. The van der Waals surface area contributed by atoms with Gasteiger partial charge in [0.1, 0.15) is 11.7 Å². The fourth-order valence-corrected chi connectivity index (χ4v) is 3.63. The molecule has 1 atom stereocenters. The summed E-state index contributed by atoms with van der Waals surface area (Å²) in [5.74, 6) is -0.674. The van der Waals surface area contributed by atoms with Gasteiger partial charge in [0.2, 0.25) is 5.91 Å². The van der Waals surface area contributed by atoms with Crippen molar-refractivity contribution in [3.8, 4) is 0 Å². The highest BCUT2D eigenvalue weighted by atomic mass is 16.5. The van der Waals surface area contributed by atoms with Crippen LogP contribution in [-0.4, -0.2) is 64.9 Å². The number of nitrogens with zero attached hydrogens (tertiary/aromatic N) is 2. The number of aromatic amines is 1. The molecule has 0 aromatic carbocycles. The minimum Gasteiger partial charge on any atom is -0.462 e. The molecule has 0 aliphatic carbocycles. The zero-order valence-electron chi connectivity index (χ0n) is 16.3. The summed E-state index contributed by atoms with van der Waals surface area (Å²) < 4.78 is 5.08. The number of hydrogen-bond donors (Lipinski definition) is 1. The molecular weight excluding hydrogens is 334 g/mol. The molecule has 7 heteroatoms. The molecule has 1 unspecified atom stereocenters. The van der Waals surface area contributed by atoms with Crippen LogP contribution >= 0.6 is 0 Å². The van der Waals surface area contributed by atoms with Crippen molar-refractivity contribution in [2.24, 2.45) is 0 Å². The zero-order valence-corrected chi connectivity index (χ0v) is 16.3. The van der Waals surface area contributed by atoms with Crippen molar-refractivity contribution in [3.63, 3.8) is 0 Å². The van der Waals surface area contributed by atoms with Crippen molar-refractivity contribution in [2.75, 3.05) is 26.2 Å². The van der Waals surface area contributed by atoms with Crippen LogP contribution in [-0.2, 0) is 9.53 Å². The molecule has 144 valence electrons. The first-order valence-electron chi connectivity index (χ1n) is 9.33. The Kier molecular flexibility index (Phi) is 6.45. The number of likely N-dealkylation sites (tertiary alicyclic amines) is 1. The van der Waals surface area contributed by atoms with Crippen LogP contribution < -0.4 is 0 Å². The summed E-state index contributed by atoms with van der Waals surface area (Å²) >= 11 is 0. The van der Waals surface area contributed by atoms with Crippen LogP contribution in [0.3, 0.4) is 0 Å². The number of carbonyl (C=O) groups excluding carboxylic acids is 3. The van der Waals surface area contributed by atoms with Gasteiger partial charge in [-0.2, -0.15) is 0 Å². The molecule has 1 saturated heterocycles. The van der Waals surface area contributed by atoms with E-state index >= 15 is 0 Å². The third-order valence-electron chi connectivity index (χ3n) is 5.00. The van der Waals surface area contributed by atoms with Gasteiger partial charge in [-0.3, -0.25) is 9.59 Å². The molecule has 2 heterocycles. The average Bonchev–Trinajstić information content (AvgIpc) is 3.20. The Labute approximate surface area is 154 Å². The lowest BCUT2D eigenvalue weighted by Gasteiger charge is -2.29. The number of amides is 2. The first-order valence-corrected chi connectivity index (χ1v) is 9.33. The highest BCUT2D eigenvalue weighted by Gasteiger charge is 2.38. The number of aryl methyl sites for hydroxylation is 1. The molecule has 0 bridgehead atoms. The molecule has 2 amide bonds. The molecule has 1 aromatic heterocycles. The van der Waals surface area contributed by atoms with Crippen LogP contribution in [0, 0.1) is 13.8 Å². The number of carbonyl (C=O) groups is 3. The molecule has 1 aromatic rings. The normalized spacial score (nSPS) is 16.7. The maximum Gasteiger partial charge on any atom is 0.340 e. The smallest absolute Gasteiger partial charge is 0.340 e. The molecular formula is C19H29N3O4. The van der Waals surface area contributed by atoms with Crippen LogP contribution in [0.4, 0.5) is 0 Å².